The number of anilines is 1. The lowest BCUT2D eigenvalue weighted by molar-refractivity contribution is -0.137. The minimum Gasteiger partial charge on any atom is -0.304 e. The van der Waals surface area contributed by atoms with Crippen molar-refractivity contribution in [1.29, 1.82) is 0 Å². The van der Waals surface area contributed by atoms with Crippen molar-refractivity contribution in [3.63, 3.8) is 0 Å². The molecule has 162 valence electrons. The van der Waals surface area contributed by atoms with Crippen LogP contribution in [0.5, 0.6) is 0 Å². The van der Waals surface area contributed by atoms with Crippen LogP contribution < -0.4 is 5.32 Å². The van der Waals surface area contributed by atoms with Crippen LogP contribution in [0.2, 0.25) is 0 Å². The van der Waals surface area contributed by atoms with Gasteiger partial charge in [0.2, 0.25) is 0 Å². The van der Waals surface area contributed by atoms with Gasteiger partial charge in [-0.05, 0) is 50.2 Å². The lowest BCUT2D eigenvalue weighted by Crippen LogP contribution is -2.24. The molecule has 4 rings (SSSR count). The summed E-state index contributed by atoms with van der Waals surface area (Å²) in [5.74, 6) is -1.56. The molecule has 9 heteroatoms. The minimum absolute atomic E-state index is 0.0284. The third-order valence-electron chi connectivity index (χ3n) is 4.98. The van der Waals surface area contributed by atoms with Crippen LogP contribution in [0.4, 0.5) is 19.0 Å². The number of aryl methyl sites for hydroxylation is 1. The number of Topliss-reactive ketones (excluding diaryl/α,β-unsaturated/α-hetero) is 1. The molecule has 2 aromatic carbocycles. The fourth-order valence-corrected chi connectivity index (χ4v) is 3.46. The topological polar surface area (TPSA) is 76.9 Å². The number of fused-ring (bicyclic) bond motifs is 1. The number of ketones is 1. The Morgan fingerprint density at radius 1 is 0.969 bits per heavy atom. The van der Waals surface area contributed by atoms with E-state index in [-0.39, 0.29) is 28.5 Å². The van der Waals surface area contributed by atoms with Crippen LogP contribution in [0.3, 0.4) is 0 Å². The van der Waals surface area contributed by atoms with Crippen molar-refractivity contribution in [3.05, 3.63) is 83.2 Å². The van der Waals surface area contributed by atoms with E-state index in [0.717, 1.165) is 17.5 Å². The number of halogens is 3. The van der Waals surface area contributed by atoms with E-state index < -0.39 is 23.4 Å². The molecule has 1 N–H and O–H groups in total. The monoisotopic (exact) mass is 438 g/mol. The molecule has 0 saturated heterocycles. The maximum atomic E-state index is 13.1. The Balaban J connectivity index is 1.63. The van der Waals surface area contributed by atoms with Crippen molar-refractivity contribution in [3.8, 4) is 5.69 Å². The Morgan fingerprint density at radius 3 is 2.47 bits per heavy atom. The number of hydrogen-bond donors (Lipinski definition) is 1. The second-order valence-electron chi connectivity index (χ2n) is 7.18. The third-order valence-corrected chi connectivity index (χ3v) is 4.98. The number of nitrogens with zero attached hydrogens (tertiary/aromatic N) is 3. The predicted molar refractivity (Wildman–Crippen MR) is 113 cm³/mol. The van der Waals surface area contributed by atoms with Crippen LogP contribution in [0.15, 0.2) is 60.7 Å². The number of pyridine rings is 1. The van der Waals surface area contributed by atoms with Crippen LogP contribution in [0, 0.1) is 13.8 Å². The van der Waals surface area contributed by atoms with Crippen molar-refractivity contribution in [2.75, 3.05) is 5.32 Å². The fraction of sp³-hybridized carbons (Fsp3) is 0.130. The molecule has 0 unspecified atom stereocenters. The Hall–Kier alpha value is -4.01. The maximum absolute atomic E-state index is 13.1. The molecule has 32 heavy (non-hydrogen) atoms. The number of aromatic nitrogens is 3. The van der Waals surface area contributed by atoms with E-state index in [9.17, 15) is 22.8 Å². The van der Waals surface area contributed by atoms with E-state index >= 15 is 0 Å². The van der Waals surface area contributed by atoms with Gasteiger partial charge in [-0.2, -0.15) is 18.3 Å². The minimum atomic E-state index is -4.52. The standard InChI is InChI=1S/C23H17F3N4O2/c1-13-20(14(2)30(29-13)17-8-5-7-16(12-17)23(24,25)26)21(31)22(32)28-19-11-10-15-6-3-4-9-18(15)27-19/h3-12H,1-2H3,(H,27,28,32). The summed E-state index contributed by atoms with van der Waals surface area (Å²) in [4.78, 5) is 29.8. The molecule has 0 aliphatic rings. The molecule has 0 atom stereocenters. The summed E-state index contributed by atoms with van der Waals surface area (Å²) in [5.41, 5.74) is 0.467. The van der Waals surface area contributed by atoms with Crippen LogP contribution >= 0.6 is 0 Å². The second kappa shape index (κ2) is 7.92. The molecule has 1 amide bonds. The summed E-state index contributed by atoms with van der Waals surface area (Å²) in [6.07, 6.45) is -4.52. The number of amides is 1. The molecule has 6 nitrogen and oxygen atoms in total. The van der Waals surface area contributed by atoms with Gasteiger partial charge in [0.1, 0.15) is 5.82 Å². The van der Waals surface area contributed by atoms with Crippen LogP contribution in [0.1, 0.15) is 27.3 Å². The number of carbonyl (C=O) groups is 2. The fourth-order valence-electron chi connectivity index (χ4n) is 3.46. The van der Waals surface area contributed by atoms with Crippen molar-refractivity contribution in [2.24, 2.45) is 0 Å². The first-order valence-electron chi connectivity index (χ1n) is 9.60. The van der Waals surface area contributed by atoms with E-state index in [1.54, 1.807) is 24.3 Å². The number of hydrogen-bond acceptors (Lipinski definition) is 4. The van der Waals surface area contributed by atoms with E-state index in [1.807, 2.05) is 12.1 Å². The Bertz CT molecular complexity index is 1360. The zero-order chi connectivity index (χ0) is 23.0. The van der Waals surface area contributed by atoms with E-state index in [2.05, 4.69) is 15.4 Å². The van der Waals surface area contributed by atoms with Gasteiger partial charge in [0, 0.05) is 5.39 Å². The molecule has 2 heterocycles. The largest absolute Gasteiger partial charge is 0.416 e. The van der Waals surface area contributed by atoms with Gasteiger partial charge in [0.25, 0.3) is 11.7 Å². The second-order valence-corrected chi connectivity index (χ2v) is 7.18. The highest BCUT2D eigenvalue weighted by Gasteiger charge is 2.31. The number of alkyl halides is 3. The van der Waals surface area contributed by atoms with Crippen molar-refractivity contribution < 1.29 is 22.8 Å². The Morgan fingerprint density at radius 2 is 1.72 bits per heavy atom. The highest BCUT2D eigenvalue weighted by Crippen LogP contribution is 2.31. The smallest absolute Gasteiger partial charge is 0.304 e. The van der Waals surface area contributed by atoms with Gasteiger partial charge in [0.15, 0.2) is 0 Å². The highest BCUT2D eigenvalue weighted by molar-refractivity contribution is 6.47. The number of benzene rings is 2. The average Bonchev–Trinajstić information content (AvgIpc) is 3.06. The van der Waals surface area contributed by atoms with Gasteiger partial charge in [0.05, 0.1) is 33.7 Å². The van der Waals surface area contributed by atoms with Crippen LogP contribution in [-0.2, 0) is 11.0 Å². The van der Waals surface area contributed by atoms with Crippen molar-refractivity contribution in [1.82, 2.24) is 14.8 Å². The SMILES string of the molecule is Cc1nn(-c2cccc(C(F)(F)F)c2)c(C)c1C(=O)C(=O)Nc1ccc2ccccc2n1. The van der Waals surface area contributed by atoms with Crippen LogP contribution in [0.25, 0.3) is 16.6 Å². The first-order valence-corrected chi connectivity index (χ1v) is 9.60. The maximum Gasteiger partial charge on any atom is 0.416 e. The van der Waals surface area contributed by atoms with Gasteiger partial charge in [-0.1, -0.05) is 24.3 Å². The van der Waals surface area contributed by atoms with E-state index in [4.69, 9.17) is 0 Å². The number of carbonyl (C=O) groups excluding carboxylic acids is 2. The summed E-state index contributed by atoms with van der Waals surface area (Å²) in [6.45, 7) is 3.04. The van der Waals surface area contributed by atoms with E-state index in [0.29, 0.717) is 5.52 Å². The molecule has 0 radical (unpaired) electrons. The summed E-state index contributed by atoms with van der Waals surface area (Å²) >= 11 is 0. The molecule has 0 aliphatic carbocycles. The zero-order valence-electron chi connectivity index (χ0n) is 17.1. The summed E-state index contributed by atoms with van der Waals surface area (Å²) in [5, 5.41) is 7.55. The first-order chi connectivity index (χ1) is 15.1. The summed E-state index contributed by atoms with van der Waals surface area (Å²) in [7, 11) is 0. The van der Waals surface area contributed by atoms with Crippen molar-refractivity contribution in [2.45, 2.75) is 20.0 Å². The number of rotatable bonds is 4. The highest BCUT2D eigenvalue weighted by atomic mass is 19.4. The van der Waals surface area contributed by atoms with E-state index in [1.165, 1.54) is 30.7 Å². The van der Waals surface area contributed by atoms with Crippen molar-refractivity contribution >= 4 is 28.4 Å². The molecule has 0 saturated carbocycles. The lowest BCUT2D eigenvalue weighted by atomic mass is 10.1. The van der Waals surface area contributed by atoms with Gasteiger partial charge in [-0.15, -0.1) is 0 Å². The zero-order valence-corrected chi connectivity index (χ0v) is 17.1. The molecule has 2 aromatic heterocycles. The molecular formula is C23H17F3N4O2. The van der Waals surface area contributed by atoms with Crippen LogP contribution in [-0.4, -0.2) is 26.5 Å². The quantitative estimate of drug-likeness (QED) is 0.364. The third kappa shape index (κ3) is 3.96. The number of para-hydroxylation sites is 1. The normalized spacial score (nSPS) is 11.5. The molecule has 0 spiro atoms. The Kier molecular flexibility index (Phi) is 5.25. The molecule has 0 fully saturated rings. The Labute approximate surface area is 180 Å². The summed E-state index contributed by atoms with van der Waals surface area (Å²) < 4.78 is 40.4. The predicted octanol–water partition coefficient (Wildman–Crippen LogP) is 4.88. The molecule has 0 aliphatic heterocycles. The lowest BCUT2D eigenvalue weighted by Gasteiger charge is -2.10. The van der Waals surface area contributed by atoms with Gasteiger partial charge >= 0.3 is 6.18 Å². The van der Waals surface area contributed by atoms with Gasteiger partial charge in [-0.3, -0.25) is 9.59 Å². The number of nitrogens with one attached hydrogen (secondary N) is 1. The molecule has 0 bridgehead atoms. The van der Waals surface area contributed by atoms with Gasteiger partial charge < -0.3 is 5.32 Å². The van der Waals surface area contributed by atoms with Gasteiger partial charge in [-0.25, -0.2) is 9.67 Å². The first kappa shape index (κ1) is 21.2. The summed E-state index contributed by atoms with van der Waals surface area (Å²) in [6, 6.07) is 15.3. The molecule has 4 aromatic rings. The average molecular weight is 438 g/mol. The molecular weight excluding hydrogens is 421 g/mol.